The van der Waals surface area contributed by atoms with E-state index in [1.54, 1.807) is 0 Å². The third-order valence-electron chi connectivity index (χ3n) is 2.19. The number of ether oxygens (including phenoxy) is 3. The number of carboxylic acid groups (broad SMARTS) is 1. The molecule has 0 aliphatic heterocycles. The highest BCUT2D eigenvalue weighted by atomic mass is 16.5. The highest BCUT2D eigenvalue weighted by Gasteiger charge is 2.23. The lowest BCUT2D eigenvalue weighted by Crippen LogP contribution is -2.02. The summed E-state index contributed by atoms with van der Waals surface area (Å²) >= 11 is 0. The predicted molar refractivity (Wildman–Crippen MR) is 60.8 cm³/mol. The highest BCUT2D eigenvalue weighted by molar-refractivity contribution is 5.97. The average molecular weight is 253 g/mol. The fourth-order valence-electron chi connectivity index (χ4n) is 1.46. The maximum atomic E-state index is 11.1. The standard InChI is InChI=1S/C11H11NO6/c1-16-7-4-6(11(14)15)8(12-5-13)10(18-3)9(7)17-2/h4H,1-3H3,(H,14,15). The van der Waals surface area contributed by atoms with Crippen molar-refractivity contribution in [1.29, 1.82) is 0 Å². The number of carbonyl (C=O) groups excluding carboxylic acids is 1. The molecule has 0 amide bonds. The van der Waals surface area contributed by atoms with Gasteiger partial charge in [0, 0.05) is 6.07 Å². The van der Waals surface area contributed by atoms with Crippen molar-refractivity contribution in [2.45, 2.75) is 0 Å². The zero-order chi connectivity index (χ0) is 13.7. The summed E-state index contributed by atoms with van der Waals surface area (Å²) in [5.41, 5.74) is -0.412. The van der Waals surface area contributed by atoms with Gasteiger partial charge in [0.2, 0.25) is 11.8 Å². The van der Waals surface area contributed by atoms with Gasteiger partial charge in [-0.05, 0) is 0 Å². The highest BCUT2D eigenvalue weighted by Crippen LogP contribution is 2.46. The van der Waals surface area contributed by atoms with E-state index in [0.29, 0.717) is 0 Å². The van der Waals surface area contributed by atoms with Crippen LogP contribution in [0.2, 0.25) is 0 Å². The Morgan fingerprint density at radius 2 is 1.83 bits per heavy atom. The van der Waals surface area contributed by atoms with E-state index in [1.165, 1.54) is 33.5 Å². The molecule has 96 valence electrons. The molecule has 0 atom stereocenters. The minimum Gasteiger partial charge on any atom is -0.493 e. The Balaban J connectivity index is 3.73. The second kappa shape index (κ2) is 5.70. The summed E-state index contributed by atoms with van der Waals surface area (Å²) in [6.45, 7) is 0. The van der Waals surface area contributed by atoms with E-state index in [2.05, 4.69) is 4.99 Å². The van der Waals surface area contributed by atoms with Crippen molar-refractivity contribution in [2.75, 3.05) is 21.3 Å². The number of methoxy groups -OCH3 is 3. The molecule has 0 aromatic heterocycles. The second-order valence-corrected chi connectivity index (χ2v) is 3.05. The van der Waals surface area contributed by atoms with Crippen LogP contribution >= 0.6 is 0 Å². The van der Waals surface area contributed by atoms with Crippen LogP contribution < -0.4 is 14.2 Å². The molecule has 18 heavy (non-hydrogen) atoms. The average Bonchev–Trinajstić information content (AvgIpc) is 2.37. The molecular formula is C11H11NO6. The first-order valence-corrected chi connectivity index (χ1v) is 4.74. The molecule has 0 saturated carbocycles. The monoisotopic (exact) mass is 253 g/mol. The molecule has 1 aromatic rings. The number of carboxylic acids is 1. The topological polar surface area (TPSA) is 94.4 Å². The summed E-state index contributed by atoms with van der Waals surface area (Å²) in [5, 5.41) is 9.05. The lowest BCUT2D eigenvalue weighted by Gasteiger charge is -2.14. The number of nitrogens with zero attached hydrogens (tertiary/aromatic N) is 1. The third kappa shape index (κ3) is 2.26. The molecule has 0 spiro atoms. The van der Waals surface area contributed by atoms with E-state index in [0.717, 1.165) is 0 Å². The third-order valence-corrected chi connectivity index (χ3v) is 2.19. The molecule has 0 heterocycles. The molecule has 0 radical (unpaired) electrons. The van der Waals surface area contributed by atoms with Gasteiger partial charge in [-0.25, -0.2) is 9.59 Å². The molecule has 0 bridgehead atoms. The van der Waals surface area contributed by atoms with Crippen LogP contribution in [0.15, 0.2) is 11.1 Å². The maximum Gasteiger partial charge on any atom is 0.338 e. The molecule has 0 aliphatic rings. The van der Waals surface area contributed by atoms with E-state index in [-0.39, 0.29) is 28.5 Å². The lowest BCUT2D eigenvalue weighted by molar-refractivity contribution is 0.0697. The first kappa shape index (κ1) is 13.5. The molecule has 1 N–H and O–H groups in total. The number of hydrogen-bond acceptors (Lipinski definition) is 6. The van der Waals surface area contributed by atoms with Gasteiger partial charge in [-0.3, -0.25) is 0 Å². The summed E-state index contributed by atoms with van der Waals surface area (Å²) < 4.78 is 15.1. The number of hydrogen-bond donors (Lipinski definition) is 1. The van der Waals surface area contributed by atoms with Gasteiger partial charge in [0.1, 0.15) is 5.69 Å². The van der Waals surface area contributed by atoms with Crippen LogP contribution in [0.4, 0.5) is 5.69 Å². The number of isocyanates is 1. The Kier molecular flexibility index (Phi) is 4.28. The van der Waals surface area contributed by atoms with Crippen LogP contribution in [-0.4, -0.2) is 38.5 Å². The summed E-state index contributed by atoms with van der Waals surface area (Å²) in [4.78, 5) is 24.8. The molecule has 0 aliphatic carbocycles. The Bertz CT molecular complexity index is 519. The minimum absolute atomic E-state index is 0.00222. The van der Waals surface area contributed by atoms with E-state index >= 15 is 0 Å². The fraction of sp³-hybridized carbons (Fsp3) is 0.273. The van der Waals surface area contributed by atoms with E-state index in [1.807, 2.05) is 0 Å². The molecule has 1 aromatic carbocycles. The van der Waals surface area contributed by atoms with Gasteiger partial charge in [0.05, 0.1) is 26.9 Å². The number of benzene rings is 1. The van der Waals surface area contributed by atoms with E-state index in [4.69, 9.17) is 19.3 Å². The molecule has 1 rings (SSSR count). The number of rotatable bonds is 5. The Morgan fingerprint density at radius 1 is 1.22 bits per heavy atom. The molecule has 0 saturated heterocycles. The van der Waals surface area contributed by atoms with Crippen LogP contribution in [0.5, 0.6) is 17.2 Å². The smallest absolute Gasteiger partial charge is 0.338 e. The minimum atomic E-state index is -1.27. The first-order valence-electron chi connectivity index (χ1n) is 4.74. The number of aromatic carboxylic acids is 1. The number of aliphatic imine (C=N–C) groups is 1. The van der Waals surface area contributed by atoms with Crippen LogP contribution in [-0.2, 0) is 4.79 Å². The van der Waals surface area contributed by atoms with Gasteiger partial charge in [-0.15, -0.1) is 0 Å². The van der Waals surface area contributed by atoms with Gasteiger partial charge >= 0.3 is 5.97 Å². The van der Waals surface area contributed by atoms with Crippen molar-refractivity contribution in [3.8, 4) is 17.2 Å². The van der Waals surface area contributed by atoms with Crippen LogP contribution in [0.25, 0.3) is 0 Å². The van der Waals surface area contributed by atoms with Gasteiger partial charge in [0.25, 0.3) is 0 Å². The summed E-state index contributed by atoms with van der Waals surface area (Å²) in [7, 11) is 4.01. The van der Waals surface area contributed by atoms with Gasteiger partial charge in [0.15, 0.2) is 11.5 Å². The zero-order valence-corrected chi connectivity index (χ0v) is 10.0. The van der Waals surface area contributed by atoms with Crippen LogP contribution in [0, 0.1) is 0 Å². The van der Waals surface area contributed by atoms with E-state index in [9.17, 15) is 9.59 Å². The quantitative estimate of drug-likeness (QED) is 0.629. The van der Waals surface area contributed by atoms with Crippen molar-refractivity contribution in [3.63, 3.8) is 0 Å². The van der Waals surface area contributed by atoms with Crippen molar-refractivity contribution in [2.24, 2.45) is 4.99 Å². The zero-order valence-electron chi connectivity index (χ0n) is 10.0. The fourth-order valence-corrected chi connectivity index (χ4v) is 1.46. The van der Waals surface area contributed by atoms with Gasteiger partial charge in [-0.1, -0.05) is 0 Å². The predicted octanol–water partition coefficient (Wildman–Crippen LogP) is 1.38. The van der Waals surface area contributed by atoms with Crippen molar-refractivity contribution in [3.05, 3.63) is 11.6 Å². The normalized spacial score (nSPS) is 9.28. The molecule has 0 fully saturated rings. The van der Waals surface area contributed by atoms with Crippen molar-refractivity contribution in [1.82, 2.24) is 0 Å². The lowest BCUT2D eigenvalue weighted by atomic mass is 10.1. The Labute approximate surface area is 103 Å². The summed E-state index contributed by atoms with van der Waals surface area (Å²) in [6, 6.07) is 1.19. The van der Waals surface area contributed by atoms with Crippen LogP contribution in [0.3, 0.4) is 0 Å². The largest absolute Gasteiger partial charge is 0.493 e. The SMILES string of the molecule is COc1cc(C(=O)O)c(N=C=O)c(OC)c1OC. The first-order chi connectivity index (χ1) is 8.60. The van der Waals surface area contributed by atoms with Gasteiger partial charge < -0.3 is 19.3 Å². The van der Waals surface area contributed by atoms with E-state index < -0.39 is 5.97 Å². The Hall–Kier alpha value is -2.53. The van der Waals surface area contributed by atoms with Crippen LogP contribution in [0.1, 0.15) is 10.4 Å². The second-order valence-electron chi connectivity index (χ2n) is 3.05. The number of carbonyl (C=O) groups is 1. The van der Waals surface area contributed by atoms with Crippen molar-refractivity contribution < 1.29 is 28.9 Å². The Morgan fingerprint density at radius 3 is 2.22 bits per heavy atom. The molecular weight excluding hydrogens is 242 g/mol. The maximum absolute atomic E-state index is 11.1. The molecule has 0 unspecified atom stereocenters. The van der Waals surface area contributed by atoms with Crippen molar-refractivity contribution >= 4 is 17.7 Å². The summed E-state index contributed by atoms with van der Waals surface area (Å²) in [6.07, 6.45) is 1.28. The molecule has 7 nitrogen and oxygen atoms in total. The molecule has 7 heteroatoms. The summed E-state index contributed by atoms with van der Waals surface area (Å²) in [5.74, 6) is -0.962. The van der Waals surface area contributed by atoms with Gasteiger partial charge in [-0.2, -0.15) is 4.99 Å².